The molecule has 24 heavy (non-hydrogen) atoms. The van der Waals surface area contributed by atoms with Gasteiger partial charge in [-0.1, -0.05) is 12.1 Å². The Hall–Kier alpha value is -1.60. The smallest absolute Gasteiger partial charge is 0.391 e. The lowest BCUT2D eigenvalue weighted by Gasteiger charge is -2.31. The van der Waals surface area contributed by atoms with Gasteiger partial charge in [0.25, 0.3) is 0 Å². The number of alkyl halides is 3. The maximum Gasteiger partial charge on any atom is 0.416 e. The van der Waals surface area contributed by atoms with E-state index >= 15 is 0 Å². The number of hydrogen-bond acceptors (Lipinski definition) is 3. The summed E-state index contributed by atoms with van der Waals surface area (Å²) in [5, 5.41) is 9.97. The summed E-state index contributed by atoms with van der Waals surface area (Å²) < 4.78 is 44.1. The lowest BCUT2D eigenvalue weighted by molar-refractivity contribution is -0.139. The van der Waals surface area contributed by atoms with Gasteiger partial charge in [0.2, 0.25) is 5.91 Å². The Morgan fingerprint density at radius 1 is 1.25 bits per heavy atom. The van der Waals surface area contributed by atoms with Crippen molar-refractivity contribution in [2.24, 2.45) is 5.92 Å². The first-order valence-electron chi connectivity index (χ1n) is 8.09. The second kappa shape index (κ2) is 6.72. The molecule has 1 aromatic carbocycles. The van der Waals surface area contributed by atoms with Crippen LogP contribution in [-0.2, 0) is 15.7 Å². The van der Waals surface area contributed by atoms with E-state index in [1.807, 2.05) is 0 Å². The molecular weight excluding hydrogens is 323 g/mol. The van der Waals surface area contributed by atoms with Crippen LogP contribution in [0.3, 0.4) is 0 Å². The maximum atomic E-state index is 12.9. The summed E-state index contributed by atoms with van der Waals surface area (Å²) in [5.41, 5.74) is -0.318. The van der Waals surface area contributed by atoms with Crippen LogP contribution in [0.25, 0.3) is 0 Å². The number of benzene rings is 1. The molecular formula is C17H20F3NO3. The van der Waals surface area contributed by atoms with Crippen LogP contribution in [0.5, 0.6) is 0 Å². The van der Waals surface area contributed by atoms with E-state index in [1.54, 1.807) is 6.07 Å². The molecule has 2 saturated heterocycles. The number of aliphatic hydroxyl groups is 1. The van der Waals surface area contributed by atoms with Crippen molar-refractivity contribution in [2.45, 2.75) is 37.6 Å². The maximum absolute atomic E-state index is 12.9. The molecule has 132 valence electrons. The second-order valence-corrected chi connectivity index (χ2v) is 6.41. The van der Waals surface area contributed by atoms with Gasteiger partial charge in [-0.3, -0.25) is 4.79 Å². The normalized spacial score (nSPS) is 25.9. The van der Waals surface area contributed by atoms with Gasteiger partial charge in [0.05, 0.1) is 17.7 Å². The topological polar surface area (TPSA) is 49.8 Å². The number of rotatable bonds is 2. The van der Waals surface area contributed by atoms with E-state index in [-0.39, 0.29) is 24.8 Å². The summed E-state index contributed by atoms with van der Waals surface area (Å²) in [7, 11) is 0. The molecule has 0 spiro atoms. The fraction of sp³-hybridized carbons (Fsp3) is 0.588. The van der Waals surface area contributed by atoms with Gasteiger partial charge >= 0.3 is 6.18 Å². The summed E-state index contributed by atoms with van der Waals surface area (Å²) in [6.45, 7) is 1.19. The number of likely N-dealkylation sites (tertiary alicyclic amines) is 1. The van der Waals surface area contributed by atoms with Gasteiger partial charge in [0, 0.05) is 25.7 Å². The molecule has 1 N–H and O–H groups in total. The molecule has 0 radical (unpaired) electrons. The lowest BCUT2D eigenvalue weighted by atomic mass is 9.96. The summed E-state index contributed by atoms with van der Waals surface area (Å²) in [6.07, 6.45) is -3.66. The molecule has 7 heteroatoms. The van der Waals surface area contributed by atoms with E-state index in [9.17, 15) is 23.1 Å². The molecule has 0 unspecified atom stereocenters. The van der Waals surface area contributed by atoms with Gasteiger partial charge < -0.3 is 14.7 Å². The van der Waals surface area contributed by atoms with Crippen LogP contribution in [0.1, 0.15) is 36.4 Å². The number of ether oxygens (including phenoxy) is 1. The average Bonchev–Trinajstić information content (AvgIpc) is 2.96. The third kappa shape index (κ3) is 3.57. The Balaban J connectivity index is 1.84. The largest absolute Gasteiger partial charge is 0.416 e. The van der Waals surface area contributed by atoms with Crippen molar-refractivity contribution in [3.05, 3.63) is 35.4 Å². The Labute approximate surface area is 138 Å². The van der Waals surface area contributed by atoms with Crippen LogP contribution in [0.15, 0.2) is 24.3 Å². The molecule has 1 aromatic rings. The summed E-state index contributed by atoms with van der Waals surface area (Å²) in [4.78, 5) is 14.3. The van der Waals surface area contributed by atoms with Crippen molar-refractivity contribution in [1.29, 1.82) is 0 Å². The zero-order valence-electron chi connectivity index (χ0n) is 13.1. The van der Waals surface area contributed by atoms with Crippen molar-refractivity contribution in [2.75, 3.05) is 19.8 Å². The Morgan fingerprint density at radius 2 is 1.96 bits per heavy atom. The number of hydrogen-bond donors (Lipinski definition) is 1. The predicted molar refractivity (Wildman–Crippen MR) is 80.1 cm³/mol. The molecule has 2 fully saturated rings. The van der Waals surface area contributed by atoms with E-state index in [0.717, 1.165) is 12.1 Å². The molecule has 4 nitrogen and oxygen atoms in total. The van der Waals surface area contributed by atoms with Crippen molar-refractivity contribution < 1.29 is 27.8 Å². The van der Waals surface area contributed by atoms with Crippen LogP contribution >= 0.6 is 0 Å². The fourth-order valence-corrected chi connectivity index (χ4v) is 3.47. The molecule has 2 heterocycles. The standard InChI is InChI=1S/C17H20F3NO3/c18-17(19,20)13-3-1-2-12(8-13)15-9-14(22)10-21(15)16(23)11-4-6-24-7-5-11/h1-3,8,11,14-15,22H,4-7,9-10H2/t14-,15+/m0/s1. The van der Waals surface area contributed by atoms with E-state index in [1.165, 1.54) is 11.0 Å². The van der Waals surface area contributed by atoms with E-state index in [0.29, 0.717) is 31.6 Å². The van der Waals surface area contributed by atoms with Gasteiger partial charge in [0.1, 0.15) is 0 Å². The van der Waals surface area contributed by atoms with Gasteiger partial charge in [-0.2, -0.15) is 13.2 Å². The first-order chi connectivity index (χ1) is 11.4. The number of aliphatic hydroxyl groups excluding tert-OH is 1. The van der Waals surface area contributed by atoms with Gasteiger partial charge in [-0.05, 0) is 37.0 Å². The minimum atomic E-state index is -4.43. The van der Waals surface area contributed by atoms with Crippen molar-refractivity contribution in [3.8, 4) is 0 Å². The summed E-state index contributed by atoms with van der Waals surface area (Å²) in [5.74, 6) is -0.283. The molecule has 1 amide bonds. The SMILES string of the molecule is O=C(C1CCOCC1)N1C[C@@H](O)C[C@@H]1c1cccc(C(F)(F)F)c1. The third-order valence-electron chi connectivity index (χ3n) is 4.73. The highest BCUT2D eigenvalue weighted by Crippen LogP contribution is 2.37. The number of amides is 1. The Morgan fingerprint density at radius 3 is 2.62 bits per heavy atom. The van der Waals surface area contributed by atoms with E-state index in [4.69, 9.17) is 4.74 Å². The highest BCUT2D eigenvalue weighted by atomic mass is 19.4. The first-order valence-corrected chi connectivity index (χ1v) is 8.09. The highest BCUT2D eigenvalue weighted by molar-refractivity contribution is 5.80. The number of nitrogens with zero attached hydrogens (tertiary/aromatic N) is 1. The van der Waals surface area contributed by atoms with Crippen LogP contribution < -0.4 is 0 Å². The summed E-state index contributed by atoms with van der Waals surface area (Å²) in [6, 6.07) is 4.51. The molecule has 0 bridgehead atoms. The predicted octanol–water partition coefficient (Wildman–Crippen LogP) is 2.77. The third-order valence-corrected chi connectivity index (χ3v) is 4.73. The monoisotopic (exact) mass is 343 g/mol. The molecule has 2 atom stereocenters. The quantitative estimate of drug-likeness (QED) is 0.898. The average molecular weight is 343 g/mol. The van der Waals surface area contributed by atoms with Crippen LogP contribution in [0.4, 0.5) is 13.2 Å². The van der Waals surface area contributed by atoms with Crippen LogP contribution in [0.2, 0.25) is 0 Å². The Bertz CT molecular complexity index is 599. The minimum absolute atomic E-state index is 0.0998. The first kappa shape index (κ1) is 17.2. The molecule has 0 saturated carbocycles. The summed E-state index contributed by atoms with van der Waals surface area (Å²) >= 11 is 0. The van der Waals surface area contributed by atoms with Crippen molar-refractivity contribution in [3.63, 3.8) is 0 Å². The number of halogens is 3. The number of carbonyl (C=O) groups excluding carboxylic acids is 1. The molecule has 0 aliphatic carbocycles. The van der Waals surface area contributed by atoms with E-state index in [2.05, 4.69) is 0 Å². The lowest BCUT2D eigenvalue weighted by Crippen LogP contribution is -2.38. The van der Waals surface area contributed by atoms with Crippen molar-refractivity contribution >= 4 is 5.91 Å². The molecule has 2 aliphatic heterocycles. The number of β-amino-alcohol motifs (C(OH)–C–C–N with tert-alkyl or cyclic N) is 1. The number of carbonyl (C=O) groups is 1. The second-order valence-electron chi connectivity index (χ2n) is 6.41. The zero-order valence-corrected chi connectivity index (χ0v) is 13.1. The minimum Gasteiger partial charge on any atom is -0.391 e. The van der Waals surface area contributed by atoms with Crippen molar-refractivity contribution in [1.82, 2.24) is 4.90 Å². The van der Waals surface area contributed by atoms with E-state index < -0.39 is 23.9 Å². The molecule has 2 aliphatic rings. The van der Waals surface area contributed by atoms with Crippen LogP contribution in [-0.4, -0.2) is 41.8 Å². The van der Waals surface area contributed by atoms with Gasteiger partial charge in [-0.15, -0.1) is 0 Å². The zero-order chi connectivity index (χ0) is 17.3. The Kier molecular flexibility index (Phi) is 4.83. The van der Waals surface area contributed by atoms with Crippen LogP contribution in [0, 0.1) is 5.92 Å². The van der Waals surface area contributed by atoms with Gasteiger partial charge in [0.15, 0.2) is 0 Å². The molecule has 3 rings (SSSR count). The molecule has 0 aromatic heterocycles. The fourth-order valence-electron chi connectivity index (χ4n) is 3.47. The highest BCUT2D eigenvalue weighted by Gasteiger charge is 2.39. The van der Waals surface area contributed by atoms with Gasteiger partial charge in [-0.25, -0.2) is 0 Å².